The minimum absolute atomic E-state index is 0.122. The first kappa shape index (κ1) is 25.4. The molecule has 8 nitrogen and oxygen atoms in total. The highest BCUT2D eigenvalue weighted by molar-refractivity contribution is 7.17. The van der Waals surface area contributed by atoms with E-state index >= 15 is 0 Å². The lowest BCUT2D eigenvalue weighted by molar-refractivity contribution is -0.141. The van der Waals surface area contributed by atoms with Gasteiger partial charge in [0.2, 0.25) is 0 Å². The van der Waals surface area contributed by atoms with Gasteiger partial charge >= 0.3 is 6.18 Å². The number of thiazole rings is 1. The summed E-state index contributed by atoms with van der Waals surface area (Å²) in [6.07, 6.45) is -3.25. The fourth-order valence-electron chi connectivity index (χ4n) is 4.22. The van der Waals surface area contributed by atoms with Crippen LogP contribution in [0.1, 0.15) is 44.9 Å². The molecule has 0 unspecified atom stereocenters. The summed E-state index contributed by atoms with van der Waals surface area (Å²) < 4.78 is 39.3. The van der Waals surface area contributed by atoms with Crippen LogP contribution in [0.3, 0.4) is 0 Å². The standard InChI is InChI=1S/C24H24F3N7OS/c1-13-14(2)21(33-32-18(13)17-5-3-15(11-28)4-6-17)34-9-7-16(8-10-34)12-30-22(35)19-20(24(25,26)27)31-23(29)36-19/h3-6,16H,7-10,12H2,1-2H3,(H2,29,31)(H,30,35). The molecule has 1 amide bonds. The molecule has 36 heavy (non-hydrogen) atoms. The number of benzene rings is 1. The number of nitriles is 1. The SMILES string of the molecule is Cc1c(-c2ccc(C#N)cc2)nnc(N2CCC(CNC(=O)c3sc(N)nc3C(F)(F)F)CC2)c1C. The Morgan fingerprint density at radius 3 is 2.47 bits per heavy atom. The fourth-order valence-corrected chi connectivity index (χ4v) is 4.99. The van der Waals surface area contributed by atoms with Crippen molar-refractivity contribution in [3.8, 4) is 17.3 Å². The number of hydrogen-bond donors (Lipinski definition) is 2. The van der Waals surface area contributed by atoms with Gasteiger partial charge in [-0.2, -0.15) is 18.4 Å². The molecule has 1 fully saturated rings. The maximum Gasteiger partial charge on any atom is 0.435 e. The first-order valence-corrected chi connectivity index (χ1v) is 12.1. The summed E-state index contributed by atoms with van der Waals surface area (Å²) in [7, 11) is 0. The molecule has 1 aliphatic rings. The number of carbonyl (C=O) groups excluding carboxylic acids is 1. The third-order valence-electron chi connectivity index (χ3n) is 6.37. The second kappa shape index (κ2) is 10.1. The number of nitrogen functional groups attached to an aromatic ring is 1. The van der Waals surface area contributed by atoms with Gasteiger partial charge < -0.3 is 16.0 Å². The van der Waals surface area contributed by atoms with Gasteiger partial charge in [-0.3, -0.25) is 4.79 Å². The topological polar surface area (TPSA) is 121 Å². The summed E-state index contributed by atoms with van der Waals surface area (Å²) in [5.74, 6) is 0.106. The van der Waals surface area contributed by atoms with E-state index in [1.807, 2.05) is 26.0 Å². The summed E-state index contributed by atoms with van der Waals surface area (Å²) in [4.78, 5) is 17.3. The number of nitrogens with two attached hydrogens (primary N) is 1. The van der Waals surface area contributed by atoms with Crippen LogP contribution in [0.2, 0.25) is 0 Å². The lowest BCUT2D eigenvalue weighted by Crippen LogP contribution is -2.39. The second-order valence-electron chi connectivity index (χ2n) is 8.68. The van der Waals surface area contributed by atoms with Crippen molar-refractivity contribution in [3.05, 3.63) is 51.5 Å². The number of carbonyl (C=O) groups is 1. The lowest BCUT2D eigenvalue weighted by atomic mass is 9.96. The molecule has 1 aliphatic heterocycles. The van der Waals surface area contributed by atoms with Crippen LogP contribution >= 0.6 is 11.3 Å². The fraction of sp³-hybridized carbons (Fsp3) is 0.375. The van der Waals surface area contributed by atoms with Crippen molar-refractivity contribution < 1.29 is 18.0 Å². The van der Waals surface area contributed by atoms with Gasteiger partial charge in [0.25, 0.3) is 5.91 Å². The van der Waals surface area contributed by atoms with Gasteiger partial charge in [-0.1, -0.05) is 23.5 Å². The Balaban J connectivity index is 1.37. The highest BCUT2D eigenvalue weighted by atomic mass is 32.1. The molecule has 3 heterocycles. The number of rotatable bonds is 5. The normalized spacial score (nSPS) is 14.5. The summed E-state index contributed by atoms with van der Waals surface area (Å²) in [6, 6.07) is 9.30. The van der Waals surface area contributed by atoms with Crippen LogP contribution in [-0.2, 0) is 6.18 Å². The number of nitrogens with one attached hydrogen (secondary N) is 1. The molecule has 0 aliphatic carbocycles. The summed E-state index contributed by atoms with van der Waals surface area (Å²) in [6.45, 7) is 5.63. The predicted molar refractivity (Wildman–Crippen MR) is 130 cm³/mol. The number of piperidine rings is 1. The third-order valence-corrected chi connectivity index (χ3v) is 7.25. The molecule has 4 rings (SSSR count). The van der Waals surface area contributed by atoms with Gasteiger partial charge in [-0.15, -0.1) is 10.2 Å². The molecule has 3 N–H and O–H groups in total. The van der Waals surface area contributed by atoms with E-state index in [9.17, 15) is 18.0 Å². The Morgan fingerprint density at radius 2 is 1.86 bits per heavy atom. The maximum absolute atomic E-state index is 13.1. The molecule has 3 aromatic rings. The number of halogens is 3. The Bertz CT molecular complexity index is 1310. The predicted octanol–water partition coefficient (Wildman–Crippen LogP) is 4.34. The van der Waals surface area contributed by atoms with Crippen molar-refractivity contribution in [2.45, 2.75) is 32.9 Å². The molecule has 1 aromatic carbocycles. The van der Waals surface area contributed by atoms with Crippen molar-refractivity contribution in [3.63, 3.8) is 0 Å². The molecule has 0 radical (unpaired) electrons. The molecule has 188 valence electrons. The van der Waals surface area contributed by atoms with E-state index in [2.05, 4.69) is 31.5 Å². The molecule has 0 saturated carbocycles. The number of hydrogen-bond acceptors (Lipinski definition) is 8. The number of alkyl halides is 3. The summed E-state index contributed by atoms with van der Waals surface area (Å²) in [5.41, 5.74) is 8.40. The Kier molecular flexibility index (Phi) is 7.12. The largest absolute Gasteiger partial charge is 0.435 e. The van der Waals surface area contributed by atoms with Crippen LogP contribution < -0.4 is 16.0 Å². The van der Waals surface area contributed by atoms with Crippen LogP contribution in [0.5, 0.6) is 0 Å². The molecule has 12 heteroatoms. The van der Waals surface area contributed by atoms with E-state index in [4.69, 9.17) is 11.0 Å². The van der Waals surface area contributed by atoms with Crippen molar-refractivity contribution in [1.29, 1.82) is 5.26 Å². The molecule has 0 spiro atoms. The summed E-state index contributed by atoms with van der Waals surface area (Å²) in [5, 5.41) is 20.2. The van der Waals surface area contributed by atoms with Crippen molar-refractivity contribution in [2.75, 3.05) is 30.3 Å². The zero-order valence-electron chi connectivity index (χ0n) is 19.7. The van der Waals surface area contributed by atoms with E-state index in [1.165, 1.54) is 0 Å². The smallest absolute Gasteiger partial charge is 0.375 e. The number of anilines is 2. The molecular weight excluding hydrogens is 491 g/mol. The number of amides is 1. The Labute approximate surface area is 210 Å². The van der Waals surface area contributed by atoms with Crippen LogP contribution in [0.25, 0.3) is 11.3 Å². The lowest BCUT2D eigenvalue weighted by Gasteiger charge is -2.33. The molecule has 0 bridgehead atoms. The van der Waals surface area contributed by atoms with E-state index in [0.29, 0.717) is 30.0 Å². The molecular formula is C24H24F3N7OS. The Hall–Kier alpha value is -3.72. The van der Waals surface area contributed by atoms with Gasteiger partial charge in [-0.05, 0) is 55.9 Å². The van der Waals surface area contributed by atoms with Gasteiger partial charge in [-0.25, -0.2) is 4.98 Å². The van der Waals surface area contributed by atoms with Crippen molar-refractivity contribution in [2.24, 2.45) is 5.92 Å². The zero-order chi connectivity index (χ0) is 26.0. The van der Waals surface area contributed by atoms with E-state index in [0.717, 1.165) is 41.0 Å². The van der Waals surface area contributed by atoms with Gasteiger partial charge in [0.05, 0.1) is 17.3 Å². The average Bonchev–Trinajstić information content (AvgIpc) is 3.27. The van der Waals surface area contributed by atoms with Crippen LogP contribution in [0, 0.1) is 31.1 Å². The maximum atomic E-state index is 13.1. The van der Waals surface area contributed by atoms with Crippen LogP contribution in [0.15, 0.2) is 24.3 Å². The number of nitrogens with zero attached hydrogens (tertiary/aromatic N) is 5. The highest BCUT2D eigenvalue weighted by Crippen LogP contribution is 2.35. The molecule has 1 saturated heterocycles. The number of aromatic nitrogens is 3. The molecule has 0 atom stereocenters. The van der Waals surface area contributed by atoms with Crippen molar-refractivity contribution >= 4 is 28.2 Å². The first-order chi connectivity index (χ1) is 17.1. The van der Waals surface area contributed by atoms with Gasteiger partial charge in [0, 0.05) is 25.2 Å². The van der Waals surface area contributed by atoms with E-state index < -0.39 is 22.7 Å². The third kappa shape index (κ3) is 5.26. The van der Waals surface area contributed by atoms with Gasteiger partial charge in [0.15, 0.2) is 16.6 Å². The highest BCUT2D eigenvalue weighted by Gasteiger charge is 2.39. The summed E-state index contributed by atoms with van der Waals surface area (Å²) >= 11 is 0.535. The minimum Gasteiger partial charge on any atom is -0.375 e. The second-order valence-corrected chi connectivity index (χ2v) is 9.71. The van der Waals surface area contributed by atoms with Gasteiger partial charge in [0.1, 0.15) is 4.88 Å². The van der Waals surface area contributed by atoms with Crippen molar-refractivity contribution in [1.82, 2.24) is 20.5 Å². The van der Waals surface area contributed by atoms with E-state index in [1.54, 1.807) is 12.1 Å². The quantitative estimate of drug-likeness (QED) is 0.519. The monoisotopic (exact) mass is 515 g/mol. The zero-order valence-corrected chi connectivity index (χ0v) is 20.5. The first-order valence-electron chi connectivity index (χ1n) is 11.3. The minimum atomic E-state index is -4.74. The Morgan fingerprint density at radius 1 is 1.19 bits per heavy atom. The van der Waals surface area contributed by atoms with Crippen LogP contribution in [-0.4, -0.2) is 40.7 Å². The average molecular weight is 516 g/mol. The van der Waals surface area contributed by atoms with E-state index in [-0.39, 0.29) is 17.6 Å². The molecule has 2 aromatic heterocycles. The van der Waals surface area contributed by atoms with Crippen LogP contribution in [0.4, 0.5) is 24.1 Å².